The summed E-state index contributed by atoms with van der Waals surface area (Å²) in [5.74, 6) is 1.74. The summed E-state index contributed by atoms with van der Waals surface area (Å²) in [6.45, 7) is 3.95. The van der Waals surface area contributed by atoms with E-state index in [9.17, 15) is 9.00 Å². The molecule has 1 atom stereocenters. The van der Waals surface area contributed by atoms with Crippen LogP contribution < -0.4 is 10.1 Å². The van der Waals surface area contributed by atoms with Gasteiger partial charge >= 0.3 is 0 Å². The smallest absolute Gasteiger partial charge is 0.263 e. The minimum atomic E-state index is -0.980. The van der Waals surface area contributed by atoms with Crippen LogP contribution in [0.1, 0.15) is 22.4 Å². The number of ether oxygens (including phenoxy) is 1. The molecular weight excluding hydrogens is 374 g/mol. The maximum atomic E-state index is 12.5. The molecule has 3 aromatic rings. The first-order chi connectivity index (χ1) is 13.5. The number of nitrogens with one attached hydrogen (secondary N) is 1. The number of amides is 1. The largest absolute Gasteiger partial charge is 0.484 e. The quantitative estimate of drug-likeness (QED) is 0.720. The molecule has 4 rings (SSSR count). The Morgan fingerprint density at radius 3 is 2.71 bits per heavy atom. The van der Waals surface area contributed by atoms with E-state index < -0.39 is 10.8 Å². The molecule has 1 amide bonds. The van der Waals surface area contributed by atoms with Crippen molar-refractivity contribution >= 4 is 22.5 Å². The second kappa shape index (κ2) is 7.59. The lowest BCUT2D eigenvalue weighted by atomic mass is 10.1. The fourth-order valence-corrected chi connectivity index (χ4v) is 4.49. The van der Waals surface area contributed by atoms with Gasteiger partial charge in [0.1, 0.15) is 11.6 Å². The summed E-state index contributed by atoms with van der Waals surface area (Å²) in [7, 11) is -0.980. The highest BCUT2D eigenvalue weighted by atomic mass is 32.2. The summed E-state index contributed by atoms with van der Waals surface area (Å²) in [5, 5.41) is 7.58. The Labute approximate surface area is 166 Å². The van der Waals surface area contributed by atoms with E-state index >= 15 is 0 Å². The van der Waals surface area contributed by atoms with Crippen molar-refractivity contribution in [2.45, 2.75) is 25.4 Å². The number of aromatic nitrogens is 2. The highest BCUT2D eigenvalue weighted by Gasteiger charge is 2.28. The van der Waals surface area contributed by atoms with E-state index in [1.54, 1.807) is 16.8 Å². The van der Waals surface area contributed by atoms with Crippen LogP contribution in [0.2, 0.25) is 0 Å². The molecule has 0 radical (unpaired) electrons. The Morgan fingerprint density at radius 2 is 1.93 bits per heavy atom. The molecule has 2 aromatic carbocycles. The van der Waals surface area contributed by atoms with Gasteiger partial charge in [-0.2, -0.15) is 5.10 Å². The number of nitrogens with zero attached hydrogens (tertiary/aromatic N) is 2. The van der Waals surface area contributed by atoms with Crippen molar-refractivity contribution in [2.24, 2.45) is 0 Å². The van der Waals surface area contributed by atoms with Crippen LogP contribution in [0, 0.1) is 13.8 Å². The molecule has 144 valence electrons. The average Bonchev–Trinajstić information content (AvgIpc) is 3.20. The standard InChI is InChI=1S/C21H21N3O3S/c1-14-7-6-10-19(15(14)2)24-21(17-12-28(26)13-18(17)23-24)22-20(25)11-27-16-8-4-3-5-9-16/h3-10H,11-13H2,1-2H3,(H,22,25). The predicted octanol–water partition coefficient (Wildman–Crippen LogP) is 3.27. The van der Waals surface area contributed by atoms with Crippen molar-refractivity contribution in [3.8, 4) is 11.4 Å². The predicted molar refractivity (Wildman–Crippen MR) is 109 cm³/mol. The lowest BCUT2D eigenvalue weighted by molar-refractivity contribution is -0.118. The molecule has 0 saturated carbocycles. The van der Waals surface area contributed by atoms with E-state index in [0.717, 1.165) is 28.1 Å². The van der Waals surface area contributed by atoms with Crippen molar-refractivity contribution in [3.05, 3.63) is 70.9 Å². The van der Waals surface area contributed by atoms with Crippen LogP contribution >= 0.6 is 0 Å². The molecule has 0 bridgehead atoms. The zero-order valence-electron chi connectivity index (χ0n) is 15.8. The number of para-hydroxylation sites is 1. The van der Waals surface area contributed by atoms with E-state index in [0.29, 0.717) is 23.1 Å². The third-order valence-electron chi connectivity index (χ3n) is 4.84. The Kier molecular flexibility index (Phi) is 5.00. The molecule has 6 nitrogen and oxygen atoms in total. The summed E-state index contributed by atoms with van der Waals surface area (Å²) in [5.41, 5.74) is 4.74. The normalized spacial score (nSPS) is 15.3. The van der Waals surface area contributed by atoms with Crippen LogP contribution in [0.3, 0.4) is 0 Å². The topological polar surface area (TPSA) is 73.2 Å². The van der Waals surface area contributed by atoms with E-state index in [1.807, 2.05) is 50.2 Å². The first kappa shape index (κ1) is 18.4. The molecule has 28 heavy (non-hydrogen) atoms. The molecule has 0 aliphatic carbocycles. The van der Waals surface area contributed by atoms with Gasteiger partial charge in [0.05, 0.1) is 22.9 Å². The van der Waals surface area contributed by atoms with E-state index in [1.165, 1.54) is 0 Å². The Hall–Kier alpha value is -2.93. The Balaban J connectivity index is 1.63. The minimum Gasteiger partial charge on any atom is -0.484 e. The Bertz CT molecular complexity index is 1060. The summed E-state index contributed by atoms with van der Waals surface area (Å²) in [4.78, 5) is 12.5. The lowest BCUT2D eigenvalue weighted by Crippen LogP contribution is -2.23. The molecule has 1 N–H and O–H groups in total. The van der Waals surface area contributed by atoms with E-state index in [2.05, 4.69) is 10.4 Å². The van der Waals surface area contributed by atoms with Gasteiger partial charge in [-0.05, 0) is 43.2 Å². The van der Waals surface area contributed by atoms with Crippen molar-refractivity contribution in [1.82, 2.24) is 9.78 Å². The van der Waals surface area contributed by atoms with Crippen LogP contribution in [0.4, 0.5) is 5.82 Å². The van der Waals surface area contributed by atoms with Gasteiger partial charge in [-0.15, -0.1) is 0 Å². The maximum absolute atomic E-state index is 12.5. The number of hydrogen-bond donors (Lipinski definition) is 1. The minimum absolute atomic E-state index is 0.111. The fraction of sp³-hybridized carbons (Fsp3) is 0.238. The number of fused-ring (bicyclic) bond motifs is 1. The molecule has 1 unspecified atom stereocenters. The van der Waals surface area contributed by atoms with Gasteiger partial charge in [0.15, 0.2) is 6.61 Å². The fourth-order valence-electron chi connectivity index (χ4n) is 3.23. The number of aryl methyl sites for hydroxylation is 1. The number of benzene rings is 2. The number of hydrogen-bond acceptors (Lipinski definition) is 4. The number of carbonyl (C=O) groups is 1. The lowest BCUT2D eigenvalue weighted by Gasteiger charge is -2.14. The maximum Gasteiger partial charge on any atom is 0.263 e. The van der Waals surface area contributed by atoms with Gasteiger partial charge in [0.2, 0.25) is 0 Å². The number of rotatable bonds is 5. The molecule has 2 heterocycles. The summed E-state index contributed by atoms with van der Waals surface area (Å²) in [6, 6.07) is 15.2. The molecule has 0 saturated heterocycles. The van der Waals surface area contributed by atoms with Gasteiger partial charge in [-0.3, -0.25) is 9.00 Å². The van der Waals surface area contributed by atoms with E-state index in [4.69, 9.17) is 4.74 Å². The molecule has 1 aliphatic rings. The van der Waals surface area contributed by atoms with Crippen LogP contribution in [-0.4, -0.2) is 26.5 Å². The third kappa shape index (κ3) is 3.57. The average molecular weight is 395 g/mol. The molecule has 0 spiro atoms. The molecule has 7 heteroatoms. The zero-order valence-corrected chi connectivity index (χ0v) is 16.6. The SMILES string of the molecule is Cc1cccc(-n2nc3c(c2NC(=O)COc2ccccc2)CS(=O)C3)c1C. The highest BCUT2D eigenvalue weighted by molar-refractivity contribution is 7.83. The first-order valence-corrected chi connectivity index (χ1v) is 10.5. The van der Waals surface area contributed by atoms with Crippen LogP contribution in [0.5, 0.6) is 5.75 Å². The highest BCUT2D eigenvalue weighted by Crippen LogP contribution is 2.32. The third-order valence-corrected chi connectivity index (χ3v) is 6.05. The molecule has 1 aromatic heterocycles. The summed E-state index contributed by atoms with van der Waals surface area (Å²) < 4.78 is 19.3. The van der Waals surface area contributed by atoms with Crippen molar-refractivity contribution in [2.75, 3.05) is 11.9 Å². The number of anilines is 1. The van der Waals surface area contributed by atoms with Crippen molar-refractivity contribution in [3.63, 3.8) is 0 Å². The van der Waals surface area contributed by atoms with E-state index in [-0.39, 0.29) is 12.5 Å². The molecular formula is C21H21N3O3S. The van der Waals surface area contributed by atoms with Gasteiger partial charge in [0.25, 0.3) is 5.91 Å². The molecule has 1 aliphatic heterocycles. The van der Waals surface area contributed by atoms with Crippen LogP contribution in [0.15, 0.2) is 48.5 Å². The van der Waals surface area contributed by atoms with Gasteiger partial charge in [-0.1, -0.05) is 30.3 Å². The second-order valence-corrected chi connectivity index (χ2v) is 8.24. The van der Waals surface area contributed by atoms with Gasteiger partial charge < -0.3 is 10.1 Å². The van der Waals surface area contributed by atoms with Crippen LogP contribution in [0.25, 0.3) is 5.69 Å². The van der Waals surface area contributed by atoms with Gasteiger partial charge in [-0.25, -0.2) is 4.68 Å². The summed E-state index contributed by atoms with van der Waals surface area (Å²) >= 11 is 0. The molecule has 0 fully saturated rings. The first-order valence-electron chi connectivity index (χ1n) is 9.03. The van der Waals surface area contributed by atoms with Crippen LogP contribution in [-0.2, 0) is 27.1 Å². The Morgan fingerprint density at radius 1 is 1.14 bits per heavy atom. The van der Waals surface area contributed by atoms with Gasteiger partial charge in [0, 0.05) is 16.4 Å². The second-order valence-electron chi connectivity index (χ2n) is 6.78. The number of carbonyl (C=O) groups excluding carboxylic acids is 1. The summed E-state index contributed by atoms with van der Waals surface area (Å²) in [6.07, 6.45) is 0. The monoisotopic (exact) mass is 395 g/mol. The van der Waals surface area contributed by atoms with Crippen molar-refractivity contribution < 1.29 is 13.7 Å². The zero-order chi connectivity index (χ0) is 19.7. The van der Waals surface area contributed by atoms with Crippen molar-refractivity contribution in [1.29, 1.82) is 0 Å².